The van der Waals surface area contributed by atoms with Gasteiger partial charge in [0.2, 0.25) is 5.91 Å². The van der Waals surface area contributed by atoms with Gasteiger partial charge in [-0.3, -0.25) is 4.79 Å². The van der Waals surface area contributed by atoms with Crippen molar-refractivity contribution in [1.29, 1.82) is 0 Å². The fraction of sp³-hybridized carbons (Fsp3) is 0.600. The predicted octanol–water partition coefficient (Wildman–Crippen LogP) is 0.256. The maximum atomic E-state index is 11.6. The zero-order chi connectivity index (χ0) is 11.5. The van der Waals surface area contributed by atoms with Gasteiger partial charge in [-0.1, -0.05) is 0 Å². The van der Waals surface area contributed by atoms with Crippen LogP contribution >= 0.6 is 11.6 Å². The van der Waals surface area contributed by atoms with Crippen LogP contribution in [0.3, 0.4) is 0 Å². The summed E-state index contributed by atoms with van der Waals surface area (Å²) in [5.74, 6) is 0.318. The minimum atomic E-state index is -0.534. The van der Waals surface area contributed by atoms with Crippen molar-refractivity contribution in [2.24, 2.45) is 0 Å². The molecule has 0 saturated carbocycles. The summed E-state index contributed by atoms with van der Waals surface area (Å²) in [5, 5.41) is 9.87. The summed E-state index contributed by atoms with van der Waals surface area (Å²) in [6.45, 7) is 0.895. The molecule has 2 atom stereocenters. The lowest BCUT2D eigenvalue weighted by atomic mass is 10.2. The summed E-state index contributed by atoms with van der Waals surface area (Å²) in [6, 6.07) is -0.0956. The van der Waals surface area contributed by atoms with E-state index in [0.29, 0.717) is 25.4 Å². The first-order valence-electron chi connectivity index (χ1n) is 5.21. The molecule has 1 aromatic heterocycles. The Labute approximate surface area is 98.6 Å². The molecule has 6 heteroatoms. The Bertz CT molecular complexity index is 355. The Morgan fingerprint density at radius 1 is 1.56 bits per heavy atom. The highest BCUT2D eigenvalue weighted by Crippen LogP contribution is 2.22. The molecule has 1 aliphatic heterocycles. The minimum absolute atomic E-state index is 0.00309. The number of aliphatic hydroxyl groups is 1. The van der Waals surface area contributed by atoms with Crippen LogP contribution in [-0.4, -0.2) is 50.5 Å². The zero-order valence-corrected chi connectivity index (χ0v) is 9.55. The number of aliphatic hydroxyl groups excluding tert-OH is 1. The van der Waals surface area contributed by atoms with Gasteiger partial charge in [0.05, 0.1) is 18.5 Å². The van der Waals surface area contributed by atoms with Gasteiger partial charge in [0.25, 0.3) is 0 Å². The van der Waals surface area contributed by atoms with Crippen molar-refractivity contribution >= 4 is 17.5 Å². The molecule has 5 nitrogen and oxygen atoms in total. The van der Waals surface area contributed by atoms with E-state index in [4.69, 9.17) is 11.6 Å². The second-order valence-electron chi connectivity index (χ2n) is 3.88. The van der Waals surface area contributed by atoms with Gasteiger partial charge in [0, 0.05) is 37.8 Å². The van der Waals surface area contributed by atoms with Crippen LogP contribution in [0.2, 0.25) is 0 Å². The highest BCUT2D eigenvalue weighted by Gasteiger charge is 2.34. The maximum Gasteiger partial charge on any atom is 0.223 e. The van der Waals surface area contributed by atoms with Crippen LogP contribution in [0.4, 0.5) is 0 Å². The number of likely N-dealkylation sites (tertiary alicyclic amines) is 1. The van der Waals surface area contributed by atoms with Crippen molar-refractivity contribution in [3.63, 3.8) is 0 Å². The molecule has 2 heterocycles. The topological polar surface area (TPSA) is 58.4 Å². The van der Waals surface area contributed by atoms with E-state index in [2.05, 4.69) is 4.98 Å². The third kappa shape index (κ3) is 2.20. The van der Waals surface area contributed by atoms with Gasteiger partial charge in [0.1, 0.15) is 0 Å². The molecule has 0 aromatic carbocycles. The SMILES string of the molecule is O=C(CCCl)N1C[C@@H](n2ccnc2)[C@@H](O)C1. The fourth-order valence-corrected chi connectivity index (χ4v) is 2.13. The maximum absolute atomic E-state index is 11.6. The summed E-state index contributed by atoms with van der Waals surface area (Å²) in [4.78, 5) is 17.2. The monoisotopic (exact) mass is 243 g/mol. The van der Waals surface area contributed by atoms with Crippen LogP contribution in [0, 0.1) is 0 Å². The highest BCUT2D eigenvalue weighted by molar-refractivity contribution is 6.18. The number of rotatable bonds is 3. The average Bonchev–Trinajstić information content (AvgIpc) is 2.86. The molecule has 88 valence electrons. The standard InChI is InChI=1S/C10H14ClN3O2/c11-2-1-10(16)14-5-8(9(15)6-14)13-4-3-12-7-13/h3-4,7-9,15H,1-2,5-6H2/t8-,9+/m1/s1. The van der Waals surface area contributed by atoms with Gasteiger partial charge in [-0.05, 0) is 0 Å². The molecule has 2 rings (SSSR count). The second kappa shape index (κ2) is 4.84. The number of halogens is 1. The van der Waals surface area contributed by atoms with Crippen molar-refractivity contribution in [3.05, 3.63) is 18.7 Å². The van der Waals surface area contributed by atoms with Gasteiger partial charge in [-0.25, -0.2) is 4.98 Å². The number of carbonyl (C=O) groups excluding carboxylic acids is 1. The molecule has 1 saturated heterocycles. The Kier molecular flexibility index (Phi) is 3.46. The van der Waals surface area contributed by atoms with E-state index >= 15 is 0 Å². The summed E-state index contributed by atoms with van der Waals surface area (Å²) < 4.78 is 1.83. The quantitative estimate of drug-likeness (QED) is 0.775. The number of amides is 1. The van der Waals surface area contributed by atoms with Crippen molar-refractivity contribution in [3.8, 4) is 0 Å². The van der Waals surface area contributed by atoms with Crippen molar-refractivity contribution in [2.45, 2.75) is 18.6 Å². The smallest absolute Gasteiger partial charge is 0.223 e. The third-order valence-corrected chi connectivity index (χ3v) is 3.02. The van der Waals surface area contributed by atoms with E-state index in [9.17, 15) is 9.90 Å². The molecule has 0 radical (unpaired) electrons. The molecule has 1 fully saturated rings. The average molecular weight is 244 g/mol. The number of carbonyl (C=O) groups is 1. The van der Waals surface area contributed by atoms with Crippen LogP contribution in [-0.2, 0) is 4.79 Å². The van der Waals surface area contributed by atoms with Crippen LogP contribution in [0.5, 0.6) is 0 Å². The Morgan fingerprint density at radius 2 is 2.38 bits per heavy atom. The molecule has 16 heavy (non-hydrogen) atoms. The largest absolute Gasteiger partial charge is 0.389 e. The number of nitrogens with zero attached hydrogens (tertiary/aromatic N) is 3. The first-order valence-corrected chi connectivity index (χ1v) is 5.75. The third-order valence-electron chi connectivity index (χ3n) is 2.83. The molecular weight excluding hydrogens is 230 g/mol. The van der Waals surface area contributed by atoms with Crippen molar-refractivity contribution in [1.82, 2.24) is 14.5 Å². The Balaban J connectivity index is 2.02. The number of aromatic nitrogens is 2. The lowest BCUT2D eigenvalue weighted by molar-refractivity contribution is -0.130. The Hall–Kier alpha value is -1.07. The van der Waals surface area contributed by atoms with E-state index < -0.39 is 6.10 Å². The first kappa shape index (κ1) is 11.4. The van der Waals surface area contributed by atoms with Gasteiger partial charge in [-0.2, -0.15) is 0 Å². The van der Waals surface area contributed by atoms with Crippen LogP contribution in [0.1, 0.15) is 12.5 Å². The fourth-order valence-electron chi connectivity index (χ4n) is 1.97. The van der Waals surface area contributed by atoms with Gasteiger partial charge in [-0.15, -0.1) is 11.6 Å². The minimum Gasteiger partial charge on any atom is -0.389 e. The van der Waals surface area contributed by atoms with E-state index in [-0.39, 0.29) is 11.9 Å². The van der Waals surface area contributed by atoms with E-state index in [1.807, 2.05) is 4.57 Å². The highest BCUT2D eigenvalue weighted by atomic mass is 35.5. The molecule has 1 aromatic rings. The summed E-state index contributed by atoms with van der Waals surface area (Å²) >= 11 is 5.52. The molecule has 1 N–H and O–H groups in total. The molecule has 0 aliphatic carbocycles. The van der Waals surface area contributed by atoms with Crippen molar-refractivity contribution in [2.75, 3.05) is 19.0 Å². The van der Waals surface area contributed by atoms with E-state index in [1.165, 1.54) is 0 Å². The van der Waals surface area contributed by atoms with Gasteiger partial charge >= 0.3 is 0 Å². The van der Waals surface area contributed by atoms with E-state index in [0.717, 1.165) is 0 Å². The number of imidazole rings is 1. The van der Waals surface area contributed by atoms with Gasteiger partial charge < -0.3 is 14.6 Å². The van der Waals surface area contributed by atoms with E-state index in [1.54, 1.807) is 23.6 Å². The number of alkyl halides is 1. The van der Waals surface area contributed by atoms with Crippen LogP contribution in [0.25, 0.3) is 0 Å². The van der Waals surface area contributed by atoms with Crippen molar-refractivity contribution < 1.29 is 9.90 Å². The molecule has 0 bridgehead atoms. The molecule has 1 amide bonds. The van der Waals surface area contributed by atoms with Crippen LogP contribution < -0.4 is 0 Å². The molecule has 0 spiro atoms. The first-order chi connectivity index (χ1) is 7.72. The summed E-state index contributed by atoms with van der Waals surface area (Å²) in [5.41, 5.74) is 0. The molecule has 1 aliphatic rings. The predicted molar refractivity (Wildman–Crippen MR) is 59.2 cm³/mol. The summed E-state index contributed by atoms with van der Waals surface area (Å²) in [7, 11) is 0. The normalized spacial score (nSPS) is 25.0. The molecule has 0 unspecified atom stereocenters. The number of hydrogen-bond acceptors (Lipinski definition) is 3. The summed E-state index contributed by atoms with van der Waals surface area (Å²) in [6.07, 6.45) is 4.90. The zero-order valence-electron chi connectivity index (χ0n) is 8.79. The second-order valence-corrected chi connectivity index (χ2v) is 4.26. The van der Waals surface area contributed by atoms with Crippen LogP contribution in [0.15, 0.2) is 18.7 Å². The lowest BCUT2D eigenvalue weighted by Crippen LogP contribution is -2.29. The lowest BCUT2D eigenvalue weighted by Gasteiger charge is -2.15. The Morgan fingerprint density at radius 3 is 3.00 bits per heavy atom. The number of β-amino-alcohol motifs (C(OH)–C–C–N with tert-alkyl or cyclic N) is 1. The van der Waals surface area contributed by atoms with Gasteiger partial charge in [0.15, 0.2) is 0 Å². The number of hydrogen-bond donors (Lipinski definition) is 1. The molecular formula is C10H14ClN3O2.